The molecule has 2 rings (SSSR count). The van der Waals surface area contributed by atoms with Crippen LogP contribution in [0.4, 0.5) is 13.2 Å². The molecule has 0 saturated carbocycles. The zero-order chi connectivity index (χ0) is 11.8. The van der Waals surface area contributed by atoms with Crippen LogP contribution in [-0.4, -0.2) is 4.98 Å². The van der Waals surface area contributed by atoms with E-state index in [1.54, 1.807) is 0 Å². The van der Waals surface area contributed by atoms with Gasteiger partial charge < -0.3 is 0 Å². The molecule has 0 fully saturated rings. The lowest BCUT2D eigenvalue weighted by Crippen LogP contribution is -2.04. The third-order valence-corrected chi connectivity index (χ3v) is 3.14. The number of aromatic nitrogens is 1. The lowest BCUT2D eigenvalue weighted by atomic mass is 10.2. The molecule has 2 aromatic rings. The summed E-state index contributed by atoms with van der Waals surface area (Å²) in [5, 5.41) is 1.89. The Labute approximate surface area is 94.6 Å². The number of pyridine rings is 1. The predicted molar refractivity (Wildman–Crippen MR) is 57.3 cm³/mol. The van der Waals surface area contributed by atoms with Crippen LogP contribution in [0, 0.1) is 6.92 Å². The molecule has 0 bridgehead atoms. The summed E-state index contributed by atoms with van der Waals surface area (Å²) in [6.07, 6.45) is -3.13. The first kappa shape index (κ1) is 11.1. The minimum atomic E-state index is -4.32. The SMILES string of the molecule is Cc1csc(-c2cc(C(F)(F)F)ccn2)c1. The van der Waals surface area contributed by atoms with E-state index in [2.05, 4.69) is 4.98 Å². The Hall–Kier alpha value is -1.36. The van der Waals surface area contributed by atoms with Crippen LogP contribution in [-0.2, 0) is 6.18 Å². The molecule has 2 aromatic heterocycles. The van der Waals surface area contributed by atoms with Gasteiger partial charge in [-0.2, -0.15) is 13.2 Å². The summed E-state index contributed by atoms with van der Waals surface area (Å²) >= 11 is 1.39. The summed E-state index contributed by atoms with van der Waals surface area (Å²) in [7, 11) is 0. The largest absolute Gasteiger partial charge is 0.416 e. The van der Waals surface area contributed by atoms with E-state index in [1.807, 2.05) is 18.4 Å². The van der Waals surface area contributed by atoms with E-state index < -0.39 is 11.7 Å². The van der Waals surface area contributed by atoms with Crippen molar-refractivity contribution in [2.75, 3.05) is 0 Å². The molecule has 0 N–H and O–H groups in total. The van der Waals surface area contributed by atoms with E-state index in [-0.39, 0.29) is 0 Å². The molecule has 0 amide bonds. The summed E-state index contributed by atoms with van der Waals surface area (Å²) in [6, 6.07) is 3.88. The first-order valence-electron chi connectivity index (χ1n) is 4.55. The first-order chi connectivity index (χ1) is 7.47. The Morgan fingerprint density at radius 1 is 1.25 bits per heavy atom. The summed E-state index contributed by atoms with van der Waals surface area (Å²) in [4.78, 5) is 4.70. The second-order valence-electron chi connectivity index (χ2n) is 3.42. The summed E-state index contributed by atoms with van der Waals surface area (Å²) in [5.74, 6) is 0. The quantitative estimate of drug-likeness (QED) is 0.733. The van der Waals surface area contributed by atoms with Crippen molar-refractivity contribution in [3.63, 3.8) is 0 Å². The number of halogens is 3. The number of rotatable bonds is 1. The molecule has 0 radical (unpaired) electrons. The second kappa shape index (κ2) is 3.90. The topological polar surface area (TPSA) is 12.9 Å². The fourth-order valence-electron chi connectivity index (χ4n) is 1.31. The van der Waals surface area contributed by atoms with Crippen molar-refractivity contribution in [1.29, 1.82) is 0 Å². The Morgan fingerprint density at radius 3 is 2.56 bits per heavy atom. The van der Waals surface area contributed by atoms with Crippen molar-refractivity contribution < 1.29 is 13.2 Å². The Morgan fingerprint density at radius 2 is 2.00 bits per heavy atom. The van der Waals surface area contributed by atoms with Gasteiger partial charge in [0.1, 0.15) is 0 Å². The van der Waals surface area contributed by atoms with Crippen LogP contribution in [0.3, 0.4) is 0 Å². The van der Waals surface area contributed by atoms with Gasteiger partial charge in [0.15, 0.2) is 0 Å². The highest BCUT2D eigenvalue weighted by Gasteiger charge is 2.30. The predicted octanol–water partition coefficient (Wildman–Crippen LogP) is 4.14. The van der Waals surface area contributed by atoms with Crippen LogP contribution < -0.4 is 0 Å². The standard InChI is InChI=1S/C11H8F3NS/c1-7-4-10(16-6-7)9-5-8(2-3-15-9)11(12,13)14/h2-6H,1H3. The van der Waals surface area contributed by atoms with Gasteiger partial charge in [-0.05, 0) is 36.1 Å². The van der Waals surface area contributed by atoms with Crippen LogP contribution in [0.1, 0.15) is 11.1 Å². The fourth-order valence-corrected chi connectivity index (χ4v) is 2.17. The number of nitrogens with zero attached hydrogens (tertiary/aromatic N) is 1. The lowest BCUT2D eigenvalue weighted by Gasteiger charge is -2.06. The van der Waals surface area contributed by atoms with Crippen molar-refractivity contribution in [1.82, 2.24) is 4.98 Å². The Kier molecular flexibility index (Phi) is 2.71. The first-order valence-corrected chi connectivity index (χ1v) is 5.43. The molecule has 0 saturated heterocycles. The van der Waals surface area contributed by atoms with E-state index in [0.717, 1.165) is 22.6 Å². The maximum absolute atomic E-state index is 12.5. The monoisotopic (exact) mass is 243 g/mol. The molecular formula is C11H8F3NS. The van der Waals surface area contributed by atoms with Crippen molar-refractivity contribution in [2.45, 2.75) is 13.1 Å². The zero-order valence-corrected chi connectivity index (χ0v) is 9.19. The summed E-state index contributed by atoms with van der Waals surface area (Å²) in [6.45, 7) is 1.90. The minimum absolute atomic E-state index is 0.368. The third kappa shape index (κ3) is 2.24. The molecule has 5 heteroatoms. The highest BCUT2D eigenvalue weighted by Crippen LogP contribution is 2.32. The molecule has 0 aliphatic rings. The van der Waals surface area contributed by atoms with Crippen LogP contribution in [0.15, 0.2) is 29.8 Å². The lowest BCUT2D eigenvalue weighted by molar-refractivity contribution is -0.137. The van der Waals surface area contributed by atoms with Gasteiger partial charge in [-0.3, -0.25) is 4.98 Å². The normalized spacial score (nSPS) is 11.8. The zero-order valence-electron chi connectivity index (χ0n) is 8.38. The van der Waals surface area contributed by atoms with Crippen LogP contribution in [0.5, 0.6) is 0 Å². The second-order valence-corrected chi connectivity index (χ2v) is 4.33. The van der Waals surface area contributed by atoms with Crippen molar-refractivity contribution in [2.24, 2.45) is 0 Å². The maximum Gasteiger partial charge on any atom is 0.416 e. The Balaban J connectivity index is 2.44. The van der Waals surface area contributed by atoms with E-state index in [4.69, 9.17) is 0 Å². The average molecular weight is 243 g/mol. The molecule has 0 spiro atoms. The fraction of sp³-hybridized carbons (Fsp3) is 0.182. The van der Waals surface area contributed by atoms with Gasteiger partial charge >= 0.3 is 6.18 Å². The molecule has 16 heavy (non-hydrogen) atoms. The Bertz CT molecular complexity index is 502. The van der Waals surface area contributed by atoms with Gasteiger partial charge in [0.25, 0.3) is 0 Å². The van der Waals surface area contributed by atoms with E-state index in [1.165, 1.54) is 17.5 Å². The molecule has 0 atom stereocenters. The van der Waals surface area contributed by atoms with Crippen LogP contribution >= 0.6 is 11.3 Å². The number of hydrogen-bond donors (Lipinski definition) is 0. The third-order valence-electron chi connectivity index (χ3n) is 2.07. The van der Waals surface area contributed by atoms with E-state index >= 15 is 0 Å². The number of hydrogen-bond acceptors (Lipinski definition) is 2. The number of aryl methyl sites for hydroxylation is 1. The van der Waals surface area contributed by atoms with Gasteiger partial charge in [0.05, 0.1) is 16.1 Å². The van der Waals surface area contributed by atoms with Crippen LogP contribution in [0.25, 0.3) is 10.6 Å². The smallest absolute Gasteiger partial charge is 0.255 e. The minimum Gasteiger partial charge on any atom is -0.255 e. The highest BCUT2D eigenvalue weighted by molar-refractivity contribution is 7.13. The molecular weight excluding hydrogens is 235 g/mol. The van der Waals surface area contributed by atoms with Crippen LogP contribution in [0.2, 0.25) is 0 Å². The highest BCUT2D eigenvalue weighted by atomic mass is 32.1. The van der Waals surface area contributed by atoms with Gasteiger partial charge in [0.2, 0.25) is 0 Å². The van der Waals surface area contributed by atoms with Crippen molar-refractivity contribution >= 4 is 11.3 Å². The van der Waals surface area contributed by atoms with Crippen molar-refractivity contribution in [3.05, 3.63) is 40.9 Å². The van der Waals surface area contributed by atoms with Gasteiger partial charge in [-0.1, -0.05) is 0 Å². The van der Waals surface area contributed by atoms with Crippen molar-refractivity contribution in [3.8, 4) is 10.6 Å². The molecule has 0 aliphatic heterocycles. The molecule has 84 valence electrons. The molecule has 0 unspecified atom stereocenters. The number of alkyl halides is 3. The summed E-state index contributed by atoms with van der Waals surface area (Å²) in [5.41, 5.74) is 0.732. The summed E-state index contributed by atoms with van der Waals surface area (Å²) < 4.78 is 37.4. The average Bonchev–Trinajstić information content (AvgIpc) is 2.64. The molecule has 0 aliphatic carbocycles. The number of thiophene rings is 1. The van der Waals surface area contributed by atoms with Gasteiger partial charge in [0, 0.05) is 6.20 Å². The van der Waals surface area contributed by atoms with Gasteiger partial charge in [-0.15, -0.1) is 11.3 Å². The van der Waals surface area contributed by atoms with E-state index in [0.29, 0.717) is 5.69 Å². The molecule has 1 nitrogen and oxygen atoms in total. The maximum atomic E-state index is 12.5. The van der Waals surface area contributed by atoms with E-state index in [9.17, 15) is 13.2 Å². The molecule has 2 heterocycles. The van der Waals surface area contributed by atoms with Gasteiger partial charge in [-0.25, -0.2) is 0 Å². The molecule has 0 aromatic carbocycles.